The average Bonchev–Trinajstić information content (AvgIpc) is 2.71. The Kier molecular flexibility index (Phi) is 7.36. The van der Waals surface area contributed by atoms with Gasteiger partial charge in [-0.05, 0) is 81.0 Å². The fraction of sp³-hybridized carbons (Fsp3) is 0.480. The number of anilines is 1. The molecule has 1 aliphatic rings. The molecule has 0 radical (unpaired) electrons. The van der Waals surface area contributed by atoms with Crippen LogP contribution in [0.15, 0.2) is 30.3 Å². The molecule has 0 aromatic heterocycles. The molecule has 2 aromatic carbocycles. The lowest BCUT2D eigenvalue weighted by Crippen LogP contribution is -2.42. The first-order valence-electron chi connectivity index (χ1n) is 10.8. The molecule has 1 N–H and O–H groups in total. The normalized spacial score (nSPS) is 16.7. The molecule has 1 saturated carbocycles. The van der Waals surface area contributed by atoms with Crippen molar-refractivity contribution in [2.24, 2.45) is 0 Å². The fourth-order valence-corrected chi connectivity index (χ4v) is 4.98. The minimum Gasteiger partial charge on any atom is -0.490 e. The van der Waals surface area contributed by atoms with Gasteiger partial charge in [0.05, 0.1) is 11.5 Å². The first kappa shape index (κ1) is 23.0. The van der Waals surface area contributed by atoms with Crippen molar-refractivity contribution in [1.29, 1.82) is 0 Å². The SMILES string of the molecule is CC[C@H](C)Oc1c(C)cc(NC(=O)C2(c3ccc(Cl)cc3Cl)CCCCC2)cc1C. The molecule has 0 aliphatic heterocycles. The molecule has 1 fully saturated rings. The standard InChI is InChI=1S/C25H31Cl2NO2/c1-5-18(4)30-23-16(2)13-20(14-17(23)3)28-24(29)25(11-7-6-8-12-25)21-10-9-19(26)15-22(21)27/h9-10,13-15,18H,5-8,11-12H2,1-4H3,(H,28,29)/t18-/m0/s1. The lowest BCUT2D eigenvalue weighted by atomic mass is 9.68. The highest BCUT2D eigenvalue weighted by Gasteiger charge is 2.42. The Morgan fingerprint density at radius 3 is 2.30 bits per heavy atom. The molecule has 1 amide bonds. The highest BCUT2D eigenvalue weighted by atomic mass is 35.5. The van der Waals surface area contributed by atoms with Gasteiger partial charge in [-0.3, -0.25) is 4.79 Å². The molecule has 0 heterocycles. The second-order valence-electron chi connectivity index (χ2n) is 8.50. The number of hydrogen-bond donors (Lipinski definition) is 1. The third-order valence-electron chi connectivity index (χ3n) is 6.20. The van der Waals surface area contributed by atoms with Gasteiger partial charge in [-0.1, -0.05) is 55.5 Å². The molecule has 162 valence electrons. The molecule has 30 heavy (non-hydrogen) atoms. The number of halogens is 2. The quantitative estimate of drug-likeness (QED) is 0.493. The van der Waals surface area contributed by atoms with Gasteiger partial charge in [0.2, 0.25) is 5.91 Å². The molecule has 5 heteroatoms. The lowest BCUT2D eigenvalue weighted by molar-refractivity contribution is -0.122. The third-order valence-corrected chi connectivity index (χ3v) is 6.75. The summed E-state index contributed by atoms with van der Waals surface area (Å²) in [5.74, 6) is 0.899. The Bertz CT molecular complexity index is 896. The van der Waals surface area contributed by atoms with Gasteiger partial charge >= 0.3 is 0 Å². The smallest absolute Gasteiger partial charge is 0.235 e. The zero-order valence-electron chi connectivity index (χ0n) is 18.3. The fourth-order valence-electron chi connectivity index (χ4n) is 4.40. The summed E-state index contributed by atoms with van der Waals surface area (Å²) in [5.41, 5.74) is 3.08. The van der Waals surface area contributed by atoms with E-state index in [2.05, 4.69) is 19.2 Å². The zero-order valence-corrected chi connectivity index (χ0v) is 19.8. The van der Waals surface area contributed by atoms with E-state index >= 15 is 0 Å². The molecule has 0 spiro atoms. The van der Waals surface area contributed by atoms with E-state index in [1.54, 1.807) is 6.07 Å². The Morgan fingerprint density at radius 2 is 1.73 bits per heavy atom. The minimum absolute atomic E-state index is 0.000757. The summed E-state index contributed by atoms with van der Waals surface area (Å²) >= 11 is 12.7. The molecule has 0 bridgehead atoms. The third kappa shape index (κ3) is 4.78. The average molecular weight is 448 g/mol. The topological polar surface area (TPSA) is 38.3 Å². The summed E-state index contributed by atoms with van der Waals surface area (Å²) in [6.07, 6.45) is 5.82. The van der Waals surface area contributed by atoms with E-state index < -0.39 is 5.41 Å². The van der Waals surface area contributed by atoms with Gasteiger partial charge < -0.3 is 10.1 Å². The van der Waals surface area contributed by atoms with Gasteiger partial charge in [0, 0.05) is 15.7 Å². The van der Waals surface area contributed by atoms with Crippen LogP contribution in [0.25, 0.3) is 0 Å². The van der Waals surface area contributed by atoms with Crippen LogP contribution in [0.2, 0.25) is 10.0 Å². The van der Waals surface area contributed by atoms with E-state index in [4.69, 9.17) is 27.9 Å². The lowest BCUT2D eigenvalue weighted by Gasteiger charge is -2.37. The molecule has 0 unspecified atom stereocenters. The summed E-state index contributed by atoms with van der Waals surface area (Å²) in [5, 5.41) is 4.32. The summed E-state index contributed by atoms with van der Waals surface area (Å²) in [7, 11) is 0. The first-order chi connectivity index (χ1) is 14.3. The number of ether oxygens (including phenoxy) is 1. The van der Waals surface area contributed by atoms with Gasteiger partial charge in [-0.2, -0.15) is 0 Å². The predicted molar refractivity (Wildman–Crippen MR) is 126 cm³/mol. The van der Waals surface area contributed by atoms with Gasteiger partial charge in [0.1, 0.15) is 5.75 Å². The van der Waals surface area contributed by atoms with Gasteiger partial charge in [-0.15, -0.1) is 0 Å². The molecule has 1 aliphatic carbocycles. The second kappa shape index (κ2) is 9.62. The van der Waals surface area contributed by atoms with Crippen molar-refractivity contribution in [1.82, 2.24) is 0 Å². The van der Waals surface area contributed by atoms with Crippen molar-refractivity contribution in [2.75, 3.05) is 5.32 Å². The van der Waals surface area contributed by atoms with Crippen molar-refractivity contribution in [3.63, 3.8) is 0 Å². The van der Waals surface area contributed by atoms with E-state index in [0.717, 1.165) is 66.7 Å². The Hall–Kier alpha value is -1.71. The maximum Gasteiger partial charge on any atom is 0.235 e. The number of rotatable bonds is 6. The Morgan fingerprint density at radius 1 is 1.10 bits per heavy atom. The highest BCUT2D eigenvalue weighted by Crippen LogP contribution is 2.44. The molecule has 0 saturated heterocycles. The van der Waals surface area contributed by atoms with Crippen LogP contribution in [0.5, 0.6) is 5.75 Å². The highest BCUT2D eigenvalue weighted by molar-refractivity contribution is 6.35. The van der Waals surface area contributed by atoms with Crippen molar-refractivity contribution in [3.8, 4) is 5.75 Å². The maximum atomic E-state index is 13.6. The number of carbonyl (C=O) groups is 1. The molecular formula is C25H31Cl2NO2. The van der Waals surface area contributed by atoms with Gasteiger partial charge in [-0.25, -0.2) is 0 Å². The number of carbonyl (C=O) groups excluding carboxylic acids is 1. The van der Waals surface area contributed by atoms with E-state index in [1.807, 2.05) is 38.1 Å². The van der Waals surface area contributed by atoms with Crippen LogP contribution in [-0.2, 0) is 10.2 Å². The van der Waals surface area contributed by atoms with E-state index in [0.29, 0.717) is 10.0 Å². The molecule has 1 atom stereocenters. The van der Waals surface area contributed by atoms with E-state index in [-0.39, 0.29) is 12.0 Å². The van der Waals surface area contributed by atoms with Crippen LogP contribution in [-0.4, -0.2) is 12.0 Å². The van der Waals surface area contributed by atoms with Crippen LogP contribution in [0.3, 0.4) is 0 Å². The summed E-state index contributed by atoms with van der Waals surface area (Å²) < 4.78 is 6.07. The summed E-state index contributed by atoms with van der Waals surface area (Å²) in [6, 6.07) is 9.44. The van der Waals surface area contributed by atoms with Crippen molar-refractivity contribution >= 4 is 34.8 Å². The number of aryl methyl sites for hydroxylation is 2. The summed E-state index contributed by atoms with van der Waals surface area (Å²) in [4.78, 5) is 13.6. The number of benzene rings is 2. The van der Waals surface area contributed by atoms with Gasteiger partial charge in [0.25, 0.3) is 0 Å². The Balaban J connectivity index is 1.92. The van der Waals surface area contributed by atoms with Crippen molar-refractivity contribution in [2.45, 2.75) is 77.7 Å². The second-order valence-corrected chi connectivity index (χ2v) is 9.34. The first-order valence-corrected chi connectivity index (χ1v) is 11.6. The molecule has 2 aromatic rings. The molecule has 3 nitrogen and oxygen atoms in total. The number of amides is 1. The minimum atomic E-state index is -0.631. The predicted octanol–water partition coefficient (Wildman–Crippen LogP) is 7.63. The number of nitrogens with one attached hydrogen (secondary N) is 1. The van der Waals surface area contributed by atoms with Crippen molar-refractivity contribution in [3.05, 3.63) is 57.1 Å². The van der Waals surface area contributed by atoms with Crippen LogP contribution in [0, 0.1) is 13.8 Å². The van der Waals surface area contributed by atoms with Crippen molar-refractivity contribution < 1.29 is 9.53 Å². The summed E-state index contributed by atoms with van der Waals surface area (Å²) in [6.45, 7) is 8.21. The Labute approximate surface area is 190 Å². The van der Waals surface area contributed by atoms with Gasteiger partial charge in [0.15, 0.2) is 0 Å². The monoisotopic (exact) mass is 447 g/mol. The largest absolute Gasteiger partial charge is 0.490 e. The zero-order chi connectivity index (χ0) is 21.9. The van der Waals surface area contributed by atoms with E-state index in [9.17, 15) is 4.79 Å². The van der Waals surface area contributed by atoms with Crippen LogP contribution < -0.4 is 10.1 Å². The van der Waals surface area contributed by atoms with E-state index in [1.165, 1.54) is 0 Å². The maximum absolute atomic E-state index is 13.6. The van der Waals surface area contributed by atoms with Crippen LogP contribution >= 0.6 is 23.2 Å². The van der Waals surface area contributed by atoms with Crippen LogP contribution in [0.1, 0.15) is 69.1 Å². The van der Waals surface area contributed by atoms with Crippen LogP contribution in [0.4, 0.5) is 5.69 Å². The molecule has 3 rings (SSSR count). The number of hydrogen-bond acceptors (Lipinski definition) is 2. The molecular weight excluding hydrogens is 417 g/mol.